The number of hydrogen-bond donors (Lipinski definition) is 1. The third-order valence-corrected chi connectivity index (χ3v) is 2.85. The fourth-order valence-electron chi connectivity index (χ4n) is 2.07. The van der Waals surface area contributed by atoms with Crippen molar-refractivity contribution in [2.45, 2.75) is 25.5 Å². The van der Waals surface area contributed by atoms with Gasteiger partial charge in [-0.3, -0.25) is 0 Å². The summed E-state index contributed by atoms with van der Waals surface area (Å²) in [5.41, 5.74) is 0. The molecule has 2 heterocycles. The summed E-state index contributed by atoms with van der Waals surface area (Å²) in [6, 6.07) is 2.08. The summed E-state index contributed by atoms with van der Waals surface area (Å²) in [5.74, 6) is 1.57. The molecule has 0 unspecified atom stereocenters. The van der Waals surface area contributed by atoms with Gasteiger partial charge < -0.3 is 14.7 Å². The molecule has 16 heavy (non-hydrogen) atoms. The van der Waals surface area contributed by atoms with E-state index in [1.54, 1.807) is 13.3 Å². The van der Waals surface area contributed by atoms with Gasteiger partial charge in [0.2, 0.25) is 0 Å². The van der Waals surface area contributed by atoms with Crippen LogP contribution in [0.3, 0.4) is 0 Å². The summed E-state index contributed by atoms with van der Waals surface area (Å²) < 4.78 is 5.01. The number of anilines is 1. The van der Waals surface area contributed by atoms with E-state index in [0.29, 0.717) is 12.4 Å². The van der Waals surface area contributed by atoms with Crippen molar-refractivity contribution in [1.29, 1.82) is 0 Å². The lowest BCUT2D eigenvalue weighted by molar-refractivity contribution is 0.177. The lowest BCUT2D eigenvalue weighted by Gasteiger charge is -2.24. The van der Waals surface area contributed by atoms with Crippen molar-refractivity contribution < 1.29 is 9.84 Å². The minimum absolute atomic E-state index is 0.184. The van der Waals surface area contributed by atoms with Gasteiger partial charge in [0, 0.05) is 19.9 Å². The van der Waals surface area contributed by atoms with Crippen LogP contribution in [0.1, 0.15) is 18.7 Å². The average molecular weight is 223 g/mol. The molecule has 5 heteroatoms. The minimum atomic E-state index is 0.184. The highest BCUT2D eigenvalue weighted by atomic mass is 16.5. The molecule has 0 spiro atoms. The van der Waals surface area contributed by atoms with Gasteiger partial charge in [0.25, 0.3) is 0 Å². The Morgan fingerprint density at radius 1 is 1.62 bits per heavy atom. The van der Waals surface area contributed by atoms with E-state index in [2.05, 4.69) is 14.9 Å². The van der Waals surface area contributed by atoms with E-state index in [4.69, 9.17) is 4.74 Å². The van der Waals surface area contributed by atoms with Crippen LogP contribution in [-0.4, -0.2) is 41.4 Å². The molecule has 5 nitrogen and oxygen atoms in total. The lowest BCUT2D eigenvalue weighted by atomic mass is 10.2. The van der Waals surface area contributed by atoms with Crippen molar-refractivity contribution in [2.24, 2.45) is 0 Å². The number of nitrogens with zero attached hydrogens (tertiary/aromatic N) is 3. The molecule has 1 aromatic rings. The molecular weight excluding hydrogens is 206 g/mol. The summed E-state index contributed by atoms with van der Waals surface area (Å²) in [6.07, 6.45) is 3.87. The third kappa shape index (κ3) is 2.31. The predicted octanol–water partition coefficient (Wildman–Crippen LogP) is 0.584. The van der Waals surface area contributed by atoms with Crippen LogP contribution in [0, 0.1) is 0 Å². The van der Waals surface area contributed by atoms with Crippen molar-refractivity contribution in [2.75, 3.05) is 25.2 Å². The molecule has 0 radical (unpaired) electrons. The molecule has 0 bridgehead atoms. The maximum Gasteiger partial charge on any atom is 0.156 e. The Labute approximate surface area is 95.1 Å². The quantitative estimate of drug-likeness (QED) is 0.809. The lowest BCUT2D eigenvalue weighted by Crippen LogP contribution is -2.32. The third-order valence-electron chi connectivity index (χ3n) is 2.85. The number of aliphatic hydroxyl groups excluding tert-OH is 1. The van der Waals surface area contributed by atoms with Gasteiger partial charge in [-0.25, -0.2) is 9.97 Å². The topological polar surface area (TPSA) is 58.5 Å². The van der Waals surface area contributed by atoms with E-state index >= 15 is 0 Å². The van der Waals surface area contributed by atoms with E-state index in [9.17, 15) is 5.11 Å². The van der Waals surface area contributed by atoms with E-state index < -0.39 is 0 Å². The summed E-state index contributed by atoms with van der Waals surface area (Å²) in [7, 11) is 1.63. The molecule has 1 aromatic heterocycles. The molecule has 1 aliphatic rings. The summed E-state index contributed by atoms with van der Waals surface area (Å²) in [5, 5.41) is 9.26. The molecule has 0 aromatic carbocycles. The smallest absolute Gasteiger partial charge is 0.156 e. The van der Waals surface area contributed by atoms with Crippen LogP contribution in [0.2, 0.25) is 0 Å². The second-order valence-corrected chi connectivity index (χ2v) is 3.94. The molecule has 2 rings (SSSR count). The number of aromatic nitrogens is 2. The van der Waals surface area contributed by atoms with Crippen LogP contribution >= 0.6 is 0 Å². The van der Waals surface area contributed by atoms with Crippen molar-refractivity contribution in [1.82, 2.24) is 9.97 Å². The maximum absolute atomic E-state index is 9.26. The van der Waals surface area contributed by atoms with Crippen LogP contribution in [0.15, 0.2) is 12.3 Å². The van der Waals surface area contributed by atoms with E-state index in [0.717, 1.165) is 25.2 Å². The van der Waals surface area contributed by atoms with Gasteiger partial charge in [0.05, 0.1) is 12.6 Å². The summed E-state index contributed by atoms with van der Waals surface area (Å²) in [4.78, 5) is 10.7. The average Bonchev–Trinajstić information content (AvgIpc) is 2.78. The zero-order chi connectivity index (χ0) is 11.4. The van der Waals surface area contributed by atoms with Crippen LogP contribution in [0.4, 0.5) is 5.82 Å². The number of methoxy groups -OCH3 is 1. The van der Waals surface area contributed by atoms with Gasteiger partial charge in [-0.15, -0.1) is 0 Å². The van der Waals surface area contributed by atoms with Crippen molar-refractivity contribution in [3.05, 3.63) is 18.1 Å². The highest BCUT2D eigenvalue weighted by Crippen LogP contribution is 2.23. The predicted molar refractivity (Wildman–Crippen MR) is 60.2 cm³/mol. The highest BCUT2D eigenvalue weighted by molar-refractivity contribution is 5.40. The van der Waals surface area contributed by atoms with E-state index in [1.807, 2.05) is 6.07 Å². The zero-order valence-electron chi connectivity index (χ0n) is 9.46. The Morgan fingerprint density at radius 3 is 3.25 bits per heavy atom. The highest BCUT2D eigenvalue weighted by Gasteiger charge is 2.24. The Kier molecular flexibility index (Phi) is 3.69. The molecule has 0 saturated carbocycles. The second kappa shape index (κ2) is 5.23. The monoisotopic (exact) mass is 223 g/mol. The first-order valence-electron chi connectivity index (χ1n) is 5.53. The molecule has 0 amide bonds. The first-order valence-corrected chi connectivity index (χ1v) is 5.53. The fourth-order valence-corrected chi connectivity index (χ4v) is 2.07. The normalized spacial score (nSPS) is 20.4. The Hall–Kier alpha value is -1.20. The SMILES string of the molecule is COCc1nccc(N2CCC[C@H]2CO)n1. The van der Waals surface area contributed by atoms with Gasteiger partial charge in [0.15, 0.2) is 5.82 Å². The van der Waals surface area contributed by atoms with Crippen molar-refractivity contribution in [3.63, 3.8) is 0 Å². The number of rotatable bonds is 4. The van der Waals surface area contributed by atoms with Crippen LogP contribution in [0.5, 0.6) is 0 Å². The zero-order valence-corrected chi connectivity index (χ0v) is 9.46. The number of ether oxygens (including phenoxy) is 1. The van der Waals surface area contributed by atoms with Gasteiger partial charge in [-0.1, -0.05) is 0 Å². The first kappa shape index (κ1) is 11.3. The van der Waals surface area contributed by atoms with Crippen molar-refractivity contribution in [3.8, 4) is 0 Å². The van der Waals surface area contributed by atoms with Gasteiger partial charge in [-0.2, -0.15) is 0 Å². The molecule has 1 fully saturated rings. The van der Waals surface area contributed by atoms with Crippen LogP contribution in [-0.2, 0) is 11.3 Å². The van der Waals surface area contributed by atoms with E-state index in [-0.39, 0.29) is 12.6 Å². The summed E-state index contributed by atoms with van der Waals surface area (Å²) in [6.45, 7) is 1.56. The fraction of sp³-hybridized carbons (Fsp3) is 0.636. The standard InChI is InChI=1S/C11H17N3O2/c1-16-8-10-12-5-4-11(13-10)14-6-2-3-9(14)7-15/h4-5,9,15H,2-3,6-8H2,1H3/t9-/m0/s1. The molecule has 1 N–H and O–H groups in total. The number of aliphatic hydroxyl groups is 1. The van der Waals surface area contributed by atoms with Gasteiger partial charge >= 0.3 is 0 Å². The largest absolute Gasteiger partial charge is 0.394 e. The Morgan fingerprint density at radius 2 is 2.50 bits per heavy atom. The van der Waals surface area contributed by atoms with Gasteiger partial charge in [0.1, 0.15) is 12.4 Å². The molecule has 1 atom stereocenters. The molecular formula is C11H17N3O2. The molecule has 88 valence electrons. The molecule has 1 saturated heterocycles. The maximum atomic E-state index is 9.26. The van der Waals surface area contributed by atoms with Crippen molar-refractivity contribution >= 4 is 5.82 Å². The second-order valence-electron chi connectivity index (χ2n) is 3.94. The molecule has 0 aliphatic carbocycles. The van der Waals surface area contributed by atoms with E-state index in [1.165, 1.54) is 0 Å². The number of hydrogen-bond acceptors (Lipinski definition) is 5. The molecule has 1 aliphatic heterocycles. The Bertz CT molecular complexity index is 346. The van der Waals surface area contributed by atoms with Crippen LogP contribution in [0.25, 0.3) is 0 Å². The first-order chi connectivity index (χ1) is 7.85. The Balaban J connectivity index is 2.16. The summed E-state index contributed by atoms with van der Waals surface area (Å²) >= 11 is 0. The van der Waals surface area contributed by atoms with Gasteiger partial charge in [-0.05, 0) is 18.9 Å². The minimum Gasteiger partial charge on any atom is -0.394 e. The van der Waals surface area contributed by atoms with Crippen LogP contribution < -0.4 is 4.90 Å².